The first-order valence-corrected chi connectivity index (χ1v) is 8.70. The van der Waals surface area contributed by atoms with Crippen LogP contribution in [-0.4, -0.2) is 18.5 Å². The highest BCUT2D eigenvalue weighted by atomic mass is 19.1. The van der Waals surface area contributed by atoms with Crippen molar-refractivity contribution in [3.05, 3.63) is 95.6 Å². The molecule has 1 amide bonds. The molecule has 0 aliphatic heterocycles. The number of ether oxygens (including phenoxy) is 2. The number of halogens is 2. The molecular formula is C22H17F2NO4. The van der Waals surface area contributed by atoms with Gasteiger partial charge in [-0.1, -0.05) is 36.4 Å². The van der Waals surface area contributed by atoms with Gasteiger partial charge in [-0.15, -0.1) is 0 Å². The minimum atomic E-state index is -0.797. The van der Waals surface area contributed by atoms with Crippen molar-refractivity contribution in [2.24, 2.45) is 0 Å². The lowest BCUT2D eigenvalue weighted by molar-refractivity contribution is -0.119. The summed E-state index contributed by atoms with van der Waals surface area (Å²) in [4.78, 5) is 24.3. The Kier molecular flexibility index (Phi) is 6.52. The molecule has 0 saturated heterocycles. The zero-order chi connectivity index (χ0) is 20.6. The van der Waals surface area contributed by atoms with Crippen molar-refractivity contribution in [3.63, 3.8) is 0 Å². The fraction of sp³-hybridized carbons (Fsp3) is 0.0909. The van der Waals surface area contributed by atoms with Gasteiger partial charge in [0.2, 0.25) is 0 Å². The lowest BCUT2D eigenvalue weighted by atomic mass is 10.1. The predicted molar refractivity (Wildman–Crippen MR) is 102 cm³/mol. The molecule has 3 aromatic carbocycles. The van der Waals surface area contributed by atoms with Gasteiger partial charge >= 0.3 is 5.97 Å². The number of nitrogens with one attached hydrogen (secondary N) is 1. The van der Waals surface area contributed by atoms with Gasteiger partial charge in [0.15, 0.2) is 6.61 Å². The van der Waals surface area contributed by atoms with Gasteiger partial charge in [0, 0.05) is 11.6 Å². The zero-order valence-electron chi connectivity index (χ0n) is 15.2. The van der Waals surface area contributed by atoms with Gasteiger partial charge in [-0.05, 0) is 30.3 Å². The Balaban J connectivity index is 1.59. The summed E-state index contributed by atoms with van der Waals surface area (Å²) in [7, 11) is 0. The average molecular weight is 397 g/mol. The van der Waals surface area contributed by atoms with Crippen LogP contribution in [0.25, 0.3) is 0 Å². The number of benzene rings is 3. The summed E-state index contributed by atoms with van der Waals surface area (Å²) in [6, 6.07) is 18.4. The van der Waals surface area contributed by atoms with Crippen molar-refractivity contribution in [1.29, 1.82) is 0 Å². The zero-order valence-corrected chi connectivity index (χ0v) is 15.2. The first-order valence-electron chi connectivity index (χ1n) is 8.70. The van der Waals surface area contributed by atoms with Crippen LogP contribution in [0, 0.1) is 11.6 Å². The van der Waals surface area contributed by atoms with E-state index in [1.54, 1.807) is 36.4 Å². The van der Waals surface area contributed by atoms with Crippen LogP contribution >= 0.6 is 0 Å². The van der Waals surface area contributed by atoms with E-state index < -0.39 is 30.1 Å². The number of para-hydroxylation sites is 1. The molecule has 0 saturated carbocycles. The molecule has 0 radical (unpaired) electrons. The third kappa shape index (κ3) is 5.62. The molecule has 0 spiro atoms. The maximum absolute atomic E-state index is 13.6. The second-order valence-corrected chi connectivity index (χ2v) is 6.01. The fourth-order valence-corrected chi connectivity index (χ4v) is 2.51. The van der Waals surface area contributed by atoms with E-state index >= 15 is 0 Å². The number of rotatable bonds is 7. The van der Waals surface area contributed by atoms with Crippen molar-refractivity contribution >= 4 is 17.6 Å². The smallest absolute Gasteiger partial charge is 0.339 e. The number of esters is 1. The summed E-state index contributed by atoms with van der Waals surface area (Å²) >= 11 is 0. The number of hydrogen-bond donors (Lipinski definition) is 1. The second kappa shape index (κ2) is 9.45. The Labute approximate surface area is 165 Å². The van der Waals surface area contributed by atoms with Crippen molar-refractivity contribution in [1.82, 2.24) is 0 Å². The molecule has 3 aromatic rings. The van der Waals surface area contributed by atoms with Crippen LogP contribution < -0.4 is 10.1 Å². The number of carbonyl (C=O) groups excluding carboxylic acids is 2. The van der Waals surface area contributed by atoms with E-state index in [0.717, 1.165) is 18.2 Å². The predicted octanol–water partition coefficient (Wildman–Crippen LogP) is 4.34. The van der Waals surface area contributed by atoms with Gasteiger partial charge in [-0.25, -0.2) is 13.6 Å². The maximum Gasteiger partial charge on any atom is 0.339 e. The minimum Gasteiger partial charge on any atom is -0.489 e. The normalized spacial score (nSPS) is 10.3. The van der Waals surface area contributed by atoms with E-state index in [1.165, 1.54) is 0 Å². The molecule has 0 fully saturated rings. The van der Waals surface area contributed by atoms with Crippen molar-refractivity contribution in [2.75, 3.05) is 11.9 Å². The van der Waals surface area contributed by atoms with E-state index in [-0.39, 0.29) is 17.9 Å². The topological polar surface area (TPSA) is 64.6 Å². The maximum atomic E-state index is 13.6. The Morgan fingerprint density at radius 1 is 0.897 bits per heavy atom. The number of anilines is 1. The molecule has 148 valence electrons. The molecule has 29 heavy (non-hydrogen) atoms. The van der Waals surface area contributed by atoms with E-state index in [9.17, 15) is 18.4 Å². The first kappa shape index (κ1) is 20.0. The third-order valence-corrected chi connectivity index (χ3v) is 3.91. The van der Waals surface area contributed by atoms with Gasteiger partial charge in [-0.3, -0.25) is 4.79 Å². The van der Waals surface area contributed by atoms with Crippen LogP contribution in [0.2, 0.25) is 0 Å². The Hall–Kier alpha value is -3.74. The van der Waals surface area contributed by atoms with Crippen molar-refractivity contribution in [3.8, 4) is 5.75 Å². The Bertz CT molecular complexity index is 1010. The molecule has 0 unspecified atom stereocenters. The lowest BCUT2D eigenvalue weighted by Gasteiger charge is -2.11. The summed E-state index contributed by atoms with van der Waals surface area (Å²) < 4.78 is 37.4. The highest BCUT2D eigenvalue weighted by molar-refractivity contribution is 5.96. The Morgan fingerprint density at radius 3 is 2.41 bits per heavy atom. The highest BCUT2D eigenvalue weighted by Gasteiger charge is 2.15. The van der Waals surface area contributed by atoms with E-state index in [1.807, 2.05) is 18.2 Å². The van der Waals surface area contributed by atoms with Gasteiger partial charge in [0.05, 0.1) is 11.3 Å². The van der Waals surface area contributed by atoms with Gasteiger partial charge in [0.25, 0.3) is 5.91 Å². The van der Waals surface area contributed by atoms with Crippen LogP contribution in [0.5, 0.6) is 5.75 Å². The number of amides is 1. The SMILES string of the molecule is O=C(COC(=O)c1ccccc1COc1ccccc1)Nc1cc(F)ccc1F. The monoisotopic (exact) mass is 397 g/mol. The van der Waals surface area contributed by atoms with Crippen molar-refractivity contribution in [2.45, 2.75) is 6.61 Å². The third-order valence-electron chi connectivity index (χ3n) is 3.91. The highest BCUT2D eigenvalue weighted by Crippen LogP contribution is 2.17. The molecule has 0 heterocycles. The first-order chi connectivity index (χ1) is 14.0. The van der Waals surface area contributed by atoms with Gasteiger partial charge < -0.3 is 14.8 Å². The number of hydrogen-bond acceptors (Lipinski definition) is 4. The molecule has 0 bridgehead atoms. The summed E-state index contributed by atoms with van der Waals surface area (Å²) in [5.74, 6) is -2.37. The quantitative estimate of drug-likeness (QED) is 0.603. The average Bonchev–Trinajstić information content (AvgIpc) is 2.74. The van der Waals surface area contributed by atoms with E-state index in [2.05, 4.69) is 5.32 Å². The van der Waals surface area contributed by atoms with Gasteiger partial charge in [0.1, 0.15) is 24.0 Å². The van der Waals surface area contributed by atoms with Crippen LogP contribution in [0.15, 0.2) is 72.8 Å². The molecule has 7 heteroatoms. The van der Waals surface area contributed by atoms with Gasteiger partial charge in [-0.2, -0.15) is 0 Å². The minimum absolute atomic E-state index is 0.135. The standard InChI is InChI=1S/C22H17F2NO4/c23-16-10-11-19(24)20(12-16)25-21(26)14-29-22(27)18-9-5-4-6-15(18)13-28-17-7-2-1-3-8-17/h1-12H,13-14H2,(H,25,26). The molecule has 3 rings (SSSR count). The summed E-state index contributed by atoms with van der Waals surface area (Å²) in [5.41, 5.74) is 0.494. The number of carbonyl (C=O) groups is 2. The molecule has 0 aliphatic rings. The summed E-state index contributed by atoms with van der Waals surface area (Å²) in [6.07, 6.45) is 0. The summed E-state index contributed by atoms with van der Waals surface area (Å²) in [6.45, 7) is -0.515. The molecule has 1 N–H and O–H groups in total. The van der Waals surface area contributed by atoms with E-state index in [0.29, 0.717) is 11.3 Å². The summed E-state index contributed by atoms with van der Waals surface area (Å²) in [5, 5.41) is 2.16. The Morgan fingerprint density at radius 2 is 1.62 bits per heavy atom. The van der Waals surface area contributed by atoms with E-state index in [4.69, 9.17) is 9.47 Å². The van der Waals surface area contributed by atoms with Crippen LogP contribution in [-0.2, 0) is 16.1 Å². The molecule has 0 aromatic heterocycles. The lowest BCUT2D eigenvalue weighted by Crippen LogP contribution is -2.22. The molecular weight excluding hydrogens is 380 g/mol. The molecule has 5 nitrogen and oxygen atoms in total. The molecule has 0 aliphatic carbocycles. The fourth-order valence-electron chi connectivity index (χ4n) is 2.51. The molecule has 0 atom stereocenters. The largest absolute Gasteiger partial charge is 0.489 e. The van der Waals surface area contributed by atoms with Crippen molar-refractivity contribution < 1.29 is 27.8 Å². The van der Waals surface area contributed by atoms with Crippen LogP contribution in [0.4, 0.5) is 14.5 Å². The second-order valence-electron chi connectivity index (χ2n) is 6.01. The van der Waals surface area contributed by atoms with Crippen LogP contribution in [0.1, 0.15) is 15.9 Å². The van der Waals surface area contributed by atoms with Crippen LogP contribution in [0.3, 0.4) is 0 Å².